The fraction of sp³-hybridized carbons (Fsp3) is 0.476. The normalized spacial score (nSPS) is 18.5. The molecule has 1 aromatic heterocycles. The van der Waals surface area contributed by atoms with Gasteiger partial charge in [-0.25, -0.2) is 8.42 Å². The molecule has 4 rings (SSSR count). The van der Waals surface area contributed by atoms with Crippen LogP contribution >= 0.6 is 0 Å². The van der Waals surface area contributed by atoms with Crippen molar-refractivity contribution in [1.29, 1.82) is 0 Å². The van der Waals surface area contributed by atoms with Crippen LogP contribution in [0.5, 0.6) is 0 Å². The van der Waals surface area contributed by atoms with Crippen molar-refractivity contribution in [3.05, 3.63) is 47.3 Å². The number of piperidine rings is 1. The van der Waals surface area contributed by atoms with Crippen LogP contribution in [0.1, 0.15) is 41.5 Å². The zero-order chi connectivity index (χ0) is 20.1. The molecule has 2 aliphatic heterocycles. The summed E-state index contributed by atoms with van der Waals surface area (Å²) < 4.78 is 29.7. The van der Waals surface area contributed by atoms with Crippen LogP contribution in [0.3, 0.4) is 0 Å². The van der Waals surface area contributed by atoms with Crippen LogP contribution < -0.4 is 4.90 Å². The quantitative estimate of drug-likeness (QED) is 0.794. The zero-order valence-electron chi connectivity index (χ0n) is 16.7. The fourth-order valence-corrected chi connectivity index (χ4v) is 5.93. The molecule has 150 valence electrons. The smallest absolute Gasteiger partial charge is 0.274 e. The number of carbonyl (C=O) groups is 1. The Hall–Kier alpha value is -2.12. The molecule has 6 nitrogen and oxygen atoms in total. The number of hydrogen-bond acceptors (Lipinski definition) is 3. The van der Waals surface area contributed by atoms with Crippen molar-refractivity contribution >= 4 is 21.6 Å². The van der Waals surface area contributed by atoms with Crippen molar-refractivity contribution in [2.24, 2.45) is 13.0 Å². The summed E-state index contributed by atoms with van der Waals surface area (Å²) in [5.41, 5.74) is 3.09. The van der Waals surface area contributed by atoms with Crippen LogP contribution in [-0.4, -0.2) is 42.8 Å². The van der Waals surface area contributed by atoms with Gasteiger partial charge in [-0.3, -0.25) is 4.79 Å². The van der Waals surface area contributed by atoms with E-state index in [1.165, 1.54) is 0 Å². The van der Waals surface area contributed by atoms with Crippen LogP contribution in [0.4, 0.5) is 5.69 Å². The number of nitrogens with zero attached hydrogens (tertiary/aromatic N) is 3. The Morgan fingerprint density at radius 2 is 1.79 bits per heavy atom. The van der Waals surface area contributed by atoms with Gasteiger partial charge in [0.1, 0.15) is 10.6 Å². The molecule has 0 saturated carbocycles. The first-order valence-electron chi connectivity index (χ1n) is 9.87. The van der Waals surface area contributed by atoms with Crippen molar-refractivity contribution in [2.75, 3.05) is 24.5 Å². The van der Waals surface area contributed by atoms with E-state index < -0.39 is 10.0 Å². The first-order chi connectivity index (χ1) is 13.3. The van der Waals surface area contributed by atoms with Gasteiger partial charge in [0.2, 0.25) is 10.0 Å². The SMILES string of the molecule is Cc1c(S(=O)(=O)N2CCC(C)CC2)cc(C(=O)N2CCc3ccccc32)n1C. The highest BCUT2D eigenvalue weighted by Crippen LogP contribution is 2.31. The summed E-state index contributed by atoms with van der Waals surface area (Å²) in [4.78, 5) is 15.2. The predicted octanol–water partition coefficient (Wildman–Crippen LogP) is 2.96. The van der Waals surface area contributed by atoms with Gasteiger partial charge in [-0.15, -0.1) is 0 Å². The molecular weight excluding hydrogens is 374 g/mol. The van der Waals surface area contributed by atoms with E-state index in [0.717, 1.165) is 30.5 Å². The molecule has 1 fully saturated rings. The summed E-state index contributed by atoms with van der Waals surface area (Å²) >= 11 is 0. The van der Waals surface area contributed by atoms with Gasteiger partial charge in [0, 0.05) is 38.1 Å². The Morgan fingerprint density at radius 3 is 2.50 bits per heavy atom. The van der Waals surface area contributed by atoms with Crippen LogP contribution in [0.15, 0.2) is 35.2 Å². The molecule has 0 N–H and O–H groups in total. The molecule has 28 heavy (non-hydrogen) atoms. The molecule has 1 saturated heterocycles. The van der Waals surface area contributed by atoms with Gasteiger partial charge < -0.3 is 9.47 Å². The molecule has 7 heteroatoms. The van der Waals surface area contributed by atoms with Gasteiger partial charge >= 0.3 is 0 Å². The lowest BCUT2D eigenvalue weighted by Crippen LogP contribution is -2.38. The van der Waals surface area contributed by atoms with Crippen molar-refractivity contribution in [3.8, 4) is 0 Å². The first kappa shape index (κ1) is 19.2. The maximum atomic E-state index is 13.2. The van der Waals surface area contributed by atoms with Gasteiger partial charge in [-0.05, 0) is 49.8 Å². The minimum Gasteiger partial charge on any atom is -0.343 e. The topological polar surface area (TPSA) is 62.6 Å². The molecular formula is C21H27N3O3S. The Bertz CT molecular complexity index is 1020. The molecule has 2 aliphatic rings. The Kier molecular flexibility index (Phi) is 4.83. The Morgan fingerprint density at radius 1 is 1.11 bits per heavy atom. The minimum absolute atomic E-state index is 0.149. The van der Waals surface area contributed by atoms with Crippen molar-refractivity contribution < 1.29 is 13.2 Å². The molecule has 0 unspecified atom stereocenters. The van der Waals surface area contributed by atoms with Crippen LogP contribution in [0.25, 0.3) is 0 Å². The lowest BCUT2D eigenvalue weighted by Gasteiger charge is -2.29. The second-order valence-electron chi connectivity index (χ2n) is 7.96. The molecule has 0 atom stereocenters. The average molecular weight is 402 g/mol. The summed E-state index contributed by atoms with van der Waals surface area (Å²) in [6, 6.07) is 9.44. The van der Waals surface area contributed by atoms with Crippen molar-refractivity contribution in [2.45, 2.75) is 38.0 Å². The molecule has 0 radical (unpaired) electrons. The molecule has 1 aromatic carbocycles. The number of carbonyl (C=O) groups excluding carboxylic acids is 1. The average Bonchev–Trinajstić information content (AvgIpc) is 3.24. The lowest BCUT2D eigenvalue weighted by atomic mass is 10.0. The summed E-state index contributed by atoms with van der Waals surface area (Å²) in [5, 5.41) is 0. The number of fused-ring (bicyclic) bond motifs is 1. The summed E-state index contributed by atoms with van der Waals surface area (Å²) in [5.74, 6) is 0.403. The third-order valence-electron chi connectivity index (χ3n) is 6.20. The monoisotopic (exact) mass is 401 g/mol. The number of aromatic nitrogens is 1. The highest BCUT2D eigenvalue weighted by molar-refractivity contribution is 7.89. The molecule has 2 aromatic rings. The highest BCUT2D eigenvalue weighted by atomic mass is 32.2. The van der Waals surface area contributed by atoms with Gasteiger partial charge in [0.05, 0.1) is 0 Å². The Balaban J connectivity index is 1.67. The largest absolute Gasteiger partial charge is 0.343 e. The van der Waals surface area contributed by atoms with Gasteiger partial charge in [0.25, 0.3) is 5.91 Å². The van der Waals surface area contributed by atoms with E-state index in [2.05, 4.69) is 6.92 Å². The third-order valence-corrected chi connectivity index (χ3v) is 8.21. The van der Waals surface area contributed by atoms with Gasteiger partial charge in [-0.2, -0.15) is 4.31 Å². The number of hydrogen-bond donors (Lipinski definition) is 0. The Labute approximate surface area is 166 Å². The van der Waals surface area contributed by atoms with Crippen LogP contribution in [0, 0.1) is 12.8 Å². The van der Waals surface area contributed by atoms with E-state index in [9.17, 15) is 13.2 Å². The zero-order valence-corrected chi connectivity index (χ0v) is 17.5. The van der Waals surface area contributed by atoms with E-state index in [1.54, 1.807) is 33.8 Å². The molecule has 0 bridgehead atoms. The van der Waals surface area contributed by atoms with Crippen molar-refractivity contribution in [3.63, 3.8) is 0 Å². The highest BCUT2D eigenvalue weighted by Gasteiger charge is 2.34. The van der Waals surface area contributed by atoms with E-state index in [0.29, 0.717) is 36.9 Å². The second-order valence-corrected chi connectivity index (χ2v) is 9.87. The first-order valence-corrected chi connectivity index (χ1v) is 11.3. The number of rotatable bonds is 3. The summed E-state index contributed by atoms with van der Waals surface area (Å²) in [7, 11) is -1.83. The number of anilines is 1. The molecule has 0 spiro atoms. The van der Waals surface area contributed by atoms with Crippen LogP contribution in [-0.2, 0) is 23.5 Å². The van der Waals surface area contributed by atoms with Crippen LogP contribution in [0.2, 0.25) is 0 Å². The summed E-state index contributed by atoms with van der Waals surface area (Å²) in [6.45, 7) is 5.63. The maximum absolute atomic E-state index is 13.2. The predicted molar refractivity (Wildman–Crippen MR) is 109 cm³/mol. The molecule has 0 aliphatic carbocycles. The summed E-state index contributed by atoms with van der Waals surface area (Å²) in [6.07, 6.45) is 2.57. The van der Waals surface area contributed by atoms with Gasteiger partial charge in [0.15, 0.2) is 0 Å². The minimum atomic E-state index is -3.59. The lowest BCUT2D eigenvalue weighted by molar-refractivity contribution is 0.0981. The molecule has 1 amide bonds. The number of amides is 1. The van der Waals surface area contributed by atoms with E-state index in [4.69, 9.17) is 0 Å². The van der Waals surface area contributed by atoms with E-state index >= 15 is 0 Å². The standard InChI is InChI=1S/C21H27N3O3S/c1-15-8-11-23(12-9-15)28(26,27)20-14-19(22(3)16(20)2)21(25)24-13-10-17-6-4-5-7-18(17)24/h4-7,14-15H,8-13H2,1-3H3. The number of sulfonamides is 1. The number of para-hydroxylation sites is 1. The van der Waals surface area contributed by atoms with Crippen molar-refractivity contribution in [1.82, 2.24) is 8.87 Å². The van der Waals surface area contributed by atoms with Gasteiger partial charge in [-0.1, -0.05) is 25.1 Å². The molecule has 3 heterocycles. The van der Waals surface area contributed by atoms with E-state index in [1.807, 2.05) is 24.3 Å². The second kappa shape index (κ2) is 7.04. The third kappa shape index (κ3) is 3.06. The fourth-order valence-electron chi connectivity index (χ4n) is 4.19. The number of benzene rings is 1. The maximum Gasteiger partial charge on any atom is 0.274 e. The van der Waals surface area contributed by atoms with E-state index in [-0.39, 0.29) is 10.8 Å².